The summed E-state index contributed by atoms with van der Waals surface area (Å²) in [6.45, 7) is 5.86. The van der Waals surface area contributed by atoms with Crippen LogP contribution in [0, 0.1) is 16.7 Å². The van der Waals surface area contributed by atoms with E-state index in [0.717, 1.165) is 0 Å². The van der Waals surface area contributed by atoms with E-state index in [-0.39, 0.29) is 24.7 Å². The van der Waals surface area contributed by atoms with Crippen molar-refractivity contribution >= 4 is 22.0 Å². The van der Waals surface area contributed by atoms with E-state index < -0.39 is 5.60 Å². The van der Waals surface area contributed by atoms with Crippen molar-refractivity contribution in [2.24, 2.45) is 5.92 Å². The number of amides is 1. The highest BCUT2D eigenvalue weighted by atomic mass is 79.9. The number of likely N-dealkylation sites (tertiary alicyclic amines) is 1. The van der Waals surface area contributed by atoms with Gasteiger partial charge in [0.05, 0.1) is 18.6 Å². The highest BCUT2D eigenvalue weighted by molar-refractivity contribution is 9.12. The number of nitrogens with zero attached hydrogens (tertiary/aromatic N) is 1. The molecule has 0 saturated carbocycles. The standard InChI is InChI=1S/C11H16BrNO3/c1-11(2,3)16-10(15)13-6-8(4-5-12)9(13)7-14/h8-9,14H,6-7H2,1-3H3/t8-,9+/m1/s1. The highest BCUT2D eigenvalue weighted by Crippen LogP contribution is 2.26. The van der Waals surface area contributed by atoms with Crippen molar-refractivity contribution < 1.29 is 14.6 Å². The quantitative estimate of drug-likeness (QED) is 0.746. The average molecular weight is 290 g/mol. The summed E-state index contributed by atoms with van der Waals surface area (Å²) in [6, 6.07) is -0.250. The molecule has 1 aliphatic rings. The van der Waals surface area contributed by atoms with Crippen LogP contribution in [0.25, 0.3) is 0 Å². The molecule has 2 atom stereocenters. The van der Waals surface area contributed by atoms with Gasteiger partial charge in [0.2, 0.25) is 0 Å². The molecule has 0 aliphatic carbocycles. The number of rotatable bonds is 1. The summed E-state index contributed by atoms with van der Waals surface area (Å²) >= 11 is 3.01. The van der Waals surface area contributed by atoms with Gasteiger partial charge in [0.1, 0.15) is 5.60 Å². The molecule has 1 aliphatic heterocycles. The van der Waals surface area contributed by atoms with Crippen LogP contribution in [0.15, 0.2) is 0 Å². The van der Waals surface area contributed by atoms with E-state index in [2.05, 4.69) is 26.7 Å². The molecule has 1 amide bonds. The summed E-state index contributed by atoms with van der Waals surface area (Å²) < 4.78 is 5.22. The molecule has 90 valence electrons. The number of aliphatic hydroxyl groups excluding tert-OH is 1. The van der Waals surface area contributed by atoms with E-state index in [1.54, 1.807) is 0 Å². The van der Waals surface area contributed by atoms with Crippen LogP contribution < -0.4 is 0 Å². The number of carbonyl (C=O) groups excluding carboxylic acids is 1. The fourth-order valence-electron chi connectivity index (χ4n) is 1.52. The predicted molar refractivity (Wildman–Crippen MR) is 64.0 cm³/mol. The molecule has 0 spiro atoms. The molecule has 0 radical (unpaired) electrons. The maximum absolute atomic E-state index is 11.7. The lowest BCUT2D eigenvalue weighted by Crippen LogP contribution is -2.60. The first-order valence-electron chi connectivity index (χ1n) is 5.10. The second-order valence-electron chi connectivity index (χ2n) is 4.73. The zero-order valence-electron chi connectivity index (χ0n) is 9.66. The van der Waals surface area contributed by atoms with Crippen molar-refractivity contribution in [1.82, 2.24) is 4.90 Å². The zero-order chi connectivity index (χ0) is 12.3. The Morgan fingerprint density at radius 3 is 2.69 bits per heavy atom. The van der Waals surface area contributed by atoms with Gasteiger partial charge in [-0.1, -0.05) is 5.92 Å². The summed E-state index contributed by atoms with van der Waals surface area (Å²) in [5.41, 5.74) is -0.511. The molecule has 1 heterocycles. The van der Waals surface area contributed by atoms with Crippen LogP contribution in [-0.2, 0) is 4.74 Å². The number of carbonyl (C=O) groups is 1. The minimum absolute atomic E-state index is 0.0249. The van der Waals surface area contributed by atoms with Gasteiger partial charge in [-0.2, -0.15) is 0 Å². The van der Waals surface area contributed by atoms with E-state index in [1.807, 2.05) is 20.8 Å². The van der Waals surface area contributed by atoms with Crippen LogP contribution in [-0.4, -0.2) is 40.9 Å². The molecule has 1 saturated heterocycles. The lowest BCUT2D eigenvalue weighted by molar-refractivity contribution is -0.0320. The molecule has 0 bridgehead atoms. The number of hydrogen-bond acceptors (Lipinski definition) is 3. The molecular formula is C11H16BrNO3. The summed E-state index contributed by atoms with van der Waals surface area (Å²) in [6.07, 6.45) is -0.390. The van der Waals surface area contributed by atoms with Crippen molar-refractivity contribution in [2.75, 3.05) is 13.2 Å². The van der Waals surface area contributed by atoms with Gasteiger partial charge >= 0.3 is 6.09 Å². The largest absolute Gasteiger partial charge is 0.444 e. The van der Waals surface area contributed by atoms with E-state index in [0.29, 0.717) is 6.54 Å². The van der Waals surface area contributed by atoms with Gasteiger partial charge in [0.25, 0.3) is 0 Å². The smallest absolute Gasteiger partial charge is 0.410 e. The van der Waals surface area contributed by atoms with Crippen molar-refractivity contribution in [3.8, 4) is 10.8 Å². The molecule has 16 heavy (non-hydrogen) atoms. The van der Waals surface area contributed by atoms with Gasteiger partial charge in [-0.3, -0.25) is 0 Å². The second kappa shape index (κ2) is 5.07. The van der Waals surface area contributed by atoms with E-state index in [9.17, 15) is 4.79 Å². The SMILES string of the molecule is CC(C)(C)OC(=O)N1C[C@@H](C#CBr)[C@@H]1CO. The Balaban J connectivity index is 2.56. The third kappa shape index (κ3) is 3.13. The summed E-state index contributed by atoms with van der Waals surface area (Å²) in [4.78, 5) is 15.8. The third-order valence-electron chi connectivity index (χ3n) is 2.31. The van der Waals surface area contributed by atoms with Crippen molar-refractivity contribution in [3.05, 3.63) is 0 Å². The van der Waals surface area contributed by atoms with Gasteiger partial charge in [-0.05, 0) is 25.6 Å². The summed E-state index contributed by atoms with van der Waals surface area (Å²) in [7, 11) is 0. The van der Waals surface area contributed by atoms with Crippen LogP contribution in [0.1, 0.15) is 20.8 Å². The Morgan fingerprint density at radius 1 is 1.62 bits per heavy atom. The topological polar surface area (TPSA) is 49.8 Å². The maximum atomic E-state index is 11.7. The number of ether oxygens (including phenoxy) is 1. The molecule has 1 fully saturated rings. The first-order chi connectivity index (χ1) is 7.39. The first-order valence-corrected chi connectivity index (χ1v) is 5.90. The number of halogens is 1. The Labute approximate surface area is 104 Å². The Morgan fingerprint density at radius 2 is 2.25 bits per heavy atom. The highest BCUT2D eigenvalue weighted by Gasteiger charge is 2.42. The average Bonchev–Trinajstić information content (AvgIpc) is 2.09. The van der Waals surface area contributed by atoms with Crippen LogP contribution in [0.5, 0.6) is 0 Å². The molecule has 4 nitrogen and oxygen atoms in total. The fourth-order valence-corrected chi connectivity index (χ4v) is 1.81. The van der Waals surface area contributed by atoms with Gasteiger partial charge in [0.15, 0.2) is 0 Å². The molecule has 0 aromatic heterocycles. The minimum Gasteiger partial charge on any atom is -0.444 e. The van der Waals surface area contributed by atoms with E-state index >= 15 is 0 Å². The Bertz CT molecular complexity index is 326. The normalized spacial score (nSPS) is 24.2. The zero-order valence-corrected chi connectivity index (χ0v) is 11.2. The number of aliphatic hydroxyl groups is 1. The van der Waals surface area contributed by atoms with Gasteiger partial charge in [-0.15, -0.1) is 0 Å². The van der Waals surface area contributed by atoms with Gasteiger partial charge < -0.3 is 14.7 Å². The van der Waals surface area contributed by atoms with Crippen LogP contribution in [0.3, 0.4) is 0 Å². The number of hydrogen-bond donors (Lipinski definition) is 1. The van der Waals surface area contributed by atoms with Gasteiger partial charge in [0, 0.05) is 22.5 Å². The van der Waals surface area contributed by atoms with E-state index in [1.165, 1.54) is 4.90 Å². The van der Waals surface area contributed by atoms with E-state index in [4.69, 9.17) is 9.84 Å². The molecule has 1 rings (SSSR count). The first kappa shape index (κ1) is 13.3. The fraction of sp³-hybridized carbons (Fsp3) is 0.727. The third-order valence-corrected chi connectivity index (χ3v) is 2.54. The lowest BCUT2D eigenvalue weighted by atomic mass is 9.90. The van der Waals surface area contributed by atoms with Crippen molar-refractivity contribution in [1.29, 1.82) is 0 Å². The summed E-state index contributed by atoms with van der Waals surface area (Å²) in [5, 5.41) is 9.17. The molecular weight excluding hydrogens is 274 g/mol. The molecule has 1 N–H and O–H groups in total. The summed E-state index contributed by atoms with van der Waals surface area (Å²) in [5.74, 6) is 2.91. The van der Waals surface area contributed by atoms with Crippen molar-refractivity contribution in [2.45, 2.75) is 32.4 Å². The predicted octanol–water partition coefficient (Wildman–Crippen LogP) is 1.57. The molecule has 0 aromatic carbocycles. The maximum Gasteiger partial charge on any atom is 0.410 e. The van der Waals surface area contributed by atoms with Gasteiger partial charge in [-0.25, -0.2) is 4.79 Å². The lowest BCUT2D eigenvalue weighted by Gasteiger charge is -2.44. The minimum atomic E-state index is -0.511. The molecule has 5 heteroatoms. The van der Waals surface area contributed by atoms with Crippen LogP contribution in [0.4, 0.5) is 4.79 Å². The molecule has 0 unspecified atom stereocenters. The Kier molecular flexibility index (Phi) is 4.22. The monoisotopic (exact) mass is 289 g/mol. The second-order valence-corrected chi connectivity index (χ2v) is 5.12. The van der Waals surface area contributed by atoms with Crippen LogP contribution >= 0.6 is 15.9 Å². The van der Waals surface area contributed by atoms with Crippen LogP contribution in [0.2, 0.25) is 0 Å². The molecule has 0 aromatic rings. The Hall–Kier alpha value is -0.730. The van der Waals surface area contributed by atoms with Crippen molar-refractivity contribution in [3.63, 3.8) is 0 Å².